The van der Waals surface area contributed by atoms with E-state index in [4.69, 9.17) is 16.2 Å². The number of nitrogens with zero attached hydrogens (tertiary/aromatic N) is 2. The van der Waals surface area contributed by atoms with Crippen molar-refractivity contribution in [3.8, 4) is 16.9 Å². The van der Waals surface area contributed by atoms with Gasteiger partial charge in [0.1, 0.15) is 18.2 Å². The highest BCUT2D eigenvalue weighted by Gasteiger charge is 2.14. The summed E-state index contributed by atoms with van der Waals surface area (Å²) in [7, 11) is 0. The van der Waals surface area contributed by atoms with Crippen molar-refractivity contribution in [2.75, 3.05) is 11.5 Å². The Morgan fingerprint density at radius 3 is 2.13 bits per heavy atom. The smallest absolute Gasteiger partial charge is 0.222 e. The maximum Gasteiger partial charge on any atom is 0.222 e. The summed E-state index contributed by atoms with van der Waals surface area (Å²) in [5.74, 6) is 1.46. The van der Waals surface area contributed by atoms with Crippen molar-refractivity contribution in [3.05, 3.63) is 102 Å². The van der Waals surface area contributed by atoms with Crippen molar-refractivity contribution in [2.45, 2.75) is 19.4 Å². The number of aryl methyl sites for hydroxylation is 2. The lowest BCUT2D eigenvalue weighted by molar-refractivity contribution is 0.303. The molecular formula is C25H24N4O. The van der Waals surface area contributed by atoms with Crippen molar-refractivity contribution < 1.29 is 4.74 Å². The molecule has 4 aromatic rings. The Labute approximate surface area is 176 Å². The zero-order valence-corrected chi connectivity index (χ0v) is 16.7. The monoisotopic (exact) mass is 396 g/mol. The molecule has 5 heteroatoms. The van der Waals surface area contributed by atoms with Crippen LogP contribution in [0.4, 0.5) is 11.8 Å². The van der Waals surface area contributed by atoms with Gasteiger partial charge in [-0.3, -0.25) is 0 Å². The molecule has 0 spiro atoms. The van der Waals surface area contributed by atoms with E-state index in [2.05, 4.69) is 28.2 Å². The van der Waals surface area contributed by atoms with Gasteiger partial charge in [-0.25, -0.2) is 4.98 Å². The minimum Gasteiger partial charge on any atom is -0.489 e. The second kappa shape index (κ2) is 9.09. The average Bonchev–Trinajstić information content (AvgIpc) is 2.78. The van der Waals surface area contributed by atoms with Crippen LogP contribution in [-0.4, -0.2) is 9.97 Å². The Morgan fingerprint density at radius 2 is 1.37 bits per heavy atom. The predicted molar refractivity (Wildman–Crippen MR) is 121 cm³/mol. The van der Waals surface area contributed by atoms with Gasteiger partial charge in [-0.2, -0.15) is 4.98 Å². The number of nitrogens with two attached hydrogens (primary N) is 2. The summed E-state index contributed by atoms with van der Waals surface area (Å²) in [6.07, 6.45) is 1.42. The van der Waals surface area contributed by atoms with E-state index >= 15 is 0 Å². The van der Waals surface area contributed by atoms with E-state index in [0.717, 1.165) is 40.1 Å². The zero-order chi connectivity index (χ0) is 20.8. The Hall–Kier alpha value is -3.86. The van der Waals surface area contributed by atoms with Gasteiger partial charge < -0.3 is 16.2 Å². The molecule has 0 amide bonds. The first-order valence-corrected chi connectivity index (χ1v) is 9.92. The topological polar surface area (TPSA) is 87.0 Å². The van der Waals surface area contributed by atoms with E-state index in [1.54, 1.807) is 0 Å². The molecule has 0 aliphatic heterocycles. The standard InChI is InChI=1S/C25H24N4O/c26-24-23(20-12-5-2-6-13-20)21(28-25(27)29-24)16-15-19-11-7-8-14-22(19)30-17-18-9-3-1-4-10-18/h1-14H,15-17H2,(H4,26,27,28,29). The van der Waals surface area contributed by atoms with Crippen LogP contribution in [0.1, 0.15) is 16.8 Å². The van der Waals surface area contributed by atoms with Crippen molar-refractivity contribution in [1.82, 2.24) is 9.97 Å². The molecule has 0 fully saturated rings. The maximum absolute atomic E-state index is 6.21. The first-order valence-electron chi connectivity index (χ1n) is 9.92. The van der Waals surface area contributed by atoms with E-state index in [0.29, 0.717) is 18.8 Å². The van der Waals surface area contributed by atoms with Crippen molar-refractivity contribution >= 4 is 11.8 Å². The maximum atomic E-state index is 6.21. The fraction of sp³-hybridized carbons (Fsp3) is 0.120. The molecule has 0 saturated carbocycles. The number of rotatable bonds is 7. The highest BCUT2D eigenvalue weighted by molar-refractivity contribution is 5.76. The molecule has 30 heavy (non-hydrogen) atoms. The second-order valence-corrected chi connectivity index (χ2v) is 7.04. The molecule has 4 N–H and O–H groups in total. The highest BCUT2D eigenvalue weighted by atomic mass is 16.5. The molecule has 0 aliphatic rings. The first kappa shape index (κ1) is 19.5. The Bertz CT molecular complexity index is 1110. The van der Waals surface area contributed by atoms with E-state index in [9.17, 15) is 0 Å². The normalized spacial score (nSPS) is 10.7. The van der Waals surface area contributed by atoms with Crippen LogP contribution in [0.2, 0.25) is 0 Å². The van der Waals surface area contributed by atoms with Crippen LogP contribution in [0.3, 0.4) is 0 Å². The van der Waals surface area contributed by atoms with Gasteiger partial charge in [0, 0.05) is 5.56 Å². The van der Waals surface area contributed by atoms with Crippen LogP contribution in [-0.2, 0) is 19.4 Å². The molecule has 150 valence electrons. The summed E-state index contributed by atoms with van der Waals surface area (Å²) in [4.78, 5) is 8.66. The lowest BCUT2D eigenvalue weighted by atomic mass is 9.99. The number of hydrogen-bond donors (Lipinski definition) is 2. The number of nitrogen functional groups attached to an aromatic ring is 2. The van der Waals surface area contributed by atoms with Gasteiger partial charge in [0.2, 0.25) is 5.95 Å². The molecule has 0 bridgehead atoms. The van der Waals surface area contributed by atoms with Crippen molar-refractivity contribution in [2.24, 2.45) is 0 Å². The van der Waals surface area contributed by atoms with Gasteiger partial charge in [-0.05, 0) is 35.6 Å². The van der Waals surface area contributed by atoms with Gasteiger partial charge in [0.05, 0.1) is 5.69 Å². The molecule has 1 aromatic heterocycles. The number of anilines is 2. The lowest BCUT2D eigenvalue weighted by Crippen LogP contribution is -2.08. The number of benzene rings is 3. The third kappa shape index (κ3) is 4.58. The van der Waals surface area contributed by atoms with Gasteiger partial charge in [0.15, 0.2) is 0 Å². The Balaban J connectivity index is 1.56. The summed E-state index contributed by atoms with van der Waals surface area (Å²) >= 11 is 0. The molecule has 0 aliphatic carbocycles. The first-order chi connectivity index (χ1) is 14.7. The average molecular weight is 396 g/mol. The number of aromatic nitrogens is 2. The third-order valence-electron chi connectivity index (χ3n) is 4.93. The van der Waals surface area contributed by atoms with Crippen molar-refractivity contribution in [3.63, 3.8) is 0 Å². The van der Waals surface area contributed by atoms with Gasteiger partial charge >= 0.3 is 0 Å². The van der Waals surface area contributed by atoms with Crippen LogP contribution in [0.25, 0.3) is 11.1 Å². The van der Waals surface area contributed by atoms with Crippen molar-refractivity contribution in [1.29, 1.82) is 0 Å². The van der Waals surface area contributed by atoms with Crippen LogP contribution in [0.5, 0.6) is 5.75 Å². The minimum atomic E-state index is 0.191. The molecule has 0 atom stereocenters. The second-order valence-electron chi connectivity index (χ2n) is 7.04. The molecule has 1 heterocycles. The van der Waals surface area contributed by atoms with Crippen LogP contribution >= 0.6 is 0 Å². The fourth-order valence-corrected chi connectivity index (χ4v) is 3.49. The lowest BCUT2D eigenvalue weighted by Gasteiger charge is -2.14. The highest BCUT2D eigenvalue weighted by Crippen LogP contribution is 2.30. The van der Waals surface area contributed by atoms with Crippen LogP contribution < -0.4 is 16.2 Å². The molecule has 3 aromatic carbocycles. The summed E-state index contributed by atoms with van der Waals surface area (Å²) < 4.78 is 6.09. The minimum absolute atomic E-state index is 0.191. The SMILES string of the molecule is Nc1nc(N)c(-c2ccccc2)c(CCc2ccccc2OCc2ccccc2)n1. The summed E-state index contributed by atoms with van der Waals surface area (Å²) in [5, 5.41) is 0. The molecule has 0 radical (unpaired) electrons. The number of para-hydroxylation sites is 1. The molecule has 0 saturated heterocycles. The summed E-state index contributed by atoms with van der Waals surface area (Å²) in [6.45, 7) is 0.528. The quantitative estimate of drug-likeness (QED) is 0.474. The summed E-state index contributed by atoms with van der Waals surface area (Å²) in [6, 6.07) is 28.2. The van der Waals surface area contributed by atoms with E-state index in [1.165, 1.54) is 0 Å². The fourth-order valence-electron chi connectivity index (χ4n) is 3.49. The number of ether oxygens (including phenoxy) is 1. The van der Waals surface area contributed by atoms with Crippen LogP contribution in [0.15, 0.2) is 84.9 Å². The van der Waals surface area contributed by atoms with E-state index in [-0.39, 0.29) is 5.95 Å². The molecule has 4 rings (SSSR count). The molecular weight excluding hydrogens is 372 g/mol. The third-order valence-corrected chi connectivity index (χ3v) is 4.93. The summed E-state index contributed by atoms with van der Waals surface area (Å²) in [5.41, 5.74) is 17.0. The largest absolute Gasteiger partial charge is 0.489 e. The van der Waals surface area contributed by atoms with Gasteiger partial charge in [-0.1, -0.05) is 78.9 Å². The van der Waals surface area contributed by atoms with Gasteiger partial charge in [-0.15, -0.1) is 0 Å². The zero-order valence-electron chi connectivity index (χ0n) is 16.7. The number of hydrogen-bond acceptors (Lipinski definition) is 5. The molecule has 5 nitrogen and oxygen atoms in total. The predicted octanol–water partition coefficient (Wildman–Crippen LogP) is 4.67. The van der Waals surface area contributed by atoms with E-state index < -0.39 is 0 Å². The van der Waals surface area contributed by atoms with Gasteiger partial charge in [0.25, 0.3) is 0 Å². The Kier molecular flexibility index (Phi) is 5.90. The van der Waals surface area contributed by atoms with Crippen LogP contribution in [0, 0.1) is 0 Å². The Morgan fingerprint density at radius 1 is 0.700 bits per heavy atom. The molecule has 0 unspecified atom stereocenters. The van der Waals surface area contributed by atoms with E-state index in [1.807, 2.05) is 66.7 Å².